The van der Waals surface area contributed by atoms with Crippen LogP contribution in [0.5, 0.6) is 0 Å². The van der Waals surface area contributed by atoms with Gasteiger partial charge in [0.2, 0.25) is 0 Å². The topological polar surface area (TPSA) is 35.1 Å². The van der Waals surface area contributed by atoms with Crippen LogP contribution >= 0.6 is 0 Å². The lowest BCUT2D eigenvalue weighted by Crippen LogP contribution is -1.97. The summed E-state index contributed by atoms with van der Waals surface area (Å²) in [5.41, 5.74) is 15.2. The number of hydrogen-bond acceptors (Lipinski definition) is 2. The van der Waals surface area contributed by atoms with Gasteiger partial charge in [0, 0.05) is 49.1 Å². The number of rotatable bonds is 4. The predicted molar refractivity (Wildman–Crippen MR) is 225 cm³/mol. The third-order valence-corrected chi connectivity index (χ3v) is 11.2. The van der Waals surface area contributed by atoms with E-state index in [2.05, 4.69) is 161 Å². The molecular formula is C50H30N4. The summed E-state index contributed by atoms with van der Waals surface area (Å²) in [6.07, 6.45) is 0. The number of hydrogen-bond donors (Lipinski definition) is 0. The first-order valence-corrected chi connectivity index (χ1v) is 18.4. The monoisotopic (exact) mass is 686 g/mol. The summed E-state index contributed by atoms with van der Waals surface area (Å²) in [5.74, 6) is 0. The Morgan fingerprint density at radius 1 is 0.333 bits per heavy atom. The zero-order chi connectivity index (χ0) is 35.3. The molecule has 0 radical (unpaired) electrons. The third-order valence-electron chi connectivity index (χ3n) is 11.2. The zero-order valence-electron chi connectivity index (χ0n) is 29.1. The second-order valence-corrected chi connectivity index (χ2v) is 14.2. The lowest BCUT2D eigenvalue weighted by atomic mass is 9.99. The van der Waals surface area contributed by atoms with Crippen molar-refractivity contribution in [2.75, 3.05) is 0 Å². The SMILES string of the molecule is c1ccc(-c2ccc(-c3nc4ccccc4nc3-c3ccc(-n4c5ccccc5c5cc6c7ccccc7n7c8ccccc8c(c54)c67)cc3)cc2)cc1. The number of fused-ring (bicyclic) bond motifs is 11. The number of para-hydroxylation sites is 5. The van der Waals surface area contributed by atoms with Crippen LogP contribution in [0.25, 0.3) is 110 Å². The first-order chi connectivity index (χ1) is 26.8. The highest BCUT2D eigenvalue weighted by atomic mass is 15.0. The Balaban J connectivity index is 1.08. The lowest BCUT2D eigenvalue weighted by molar-refractivity contribution is 1.19. The van der Waals surface area contributed by atoms with Crippen LogP contribution in [0, 0.1) is 0 Å². The summed E-state index contributed by atoms with van der Waals surface area (Å²) in [7, 11) is 0. The maximum Gasteiger partial charge on any atom is 0.0973 e. The molecule has 54 heavy (non-hydrogen) atoms. The highest BCUT2D eigenvalue weighted by Gasteiger charge is 2.24. The van der Waals surface area contributed by atoms with Crippen LogP contribution in [0.2, 0.25) is 0 Å². The van der Waals surface area contributed by atoms with Gasteiger partial charge < -0.3 is 8.97 Å². The molecule has 0 aliphatic carbocycles. The minimum Gasteiger partial charge on any atom is -0.309 e. The molecule has 12 rings (SSSR count). The van der Waals surface area contributed by atoms with Gasteiger partial charge in [-0.25, -0.2) is 9.97 Å². The Morgan fingerprint density at radius 3 is 1.46 bits per heavy atom. The maximum atomic E-state index is 5.24. The Hall–Kier alpha value is -7.30. The molecule has 4 aromatic heterocycles. The van der Waals surface area contributed by atoms with Crippen molar-refractivity contribution in [3.8, 4) is 39.3 Å². The summed E-state index contributed by atoms with van der Waals surface area (Å²) in [5, 5.41) is 7.64. The van der Waals surface area contributed by atoms with Crippen molar-refractivity contribution in [3.05, 3.63) is 182 Å². The van der Waals surface area contributed by atoms with Crippen LogP contribution in [0.1, 0.15) is 0 Å². The van der Waals surface area contributed by atoms with E-state index in [9.17, 15) is 0 Å². The van der Waals surface area contributed by atoms with Gasteiger partial charge in [0.15, 0.2) is 0 Å². The largest absolute Gasteiger partial charge is 0.309 e. The quantitative estimate of drug-likeness (QED) is 0.185. The molecule has 0 bridgehead atoms. The normalized spacial score (nSPS) is 12.1. The fraction of sp³-hybridized carbons (Fsp3) is 0. The smallest absolute Gasteiger partial charge is 0.0973 e. The Labute approximate surface area is 310 Å². The average molecular weight is 687 g/mol. The van der Waals surface area contributed by atoms with E-state index in [1.54, 1.807) is 0 Å². The number of nitrogens with zero attached hydrogens (tertiary/aromatic N) is 4. The van der Waals surface area contributed by atoms with Gasteiger partial charge in [-0.1, -0.05) is 133 Å². The first kappa shape index (κ1) is 29.3. The van der Waals surface area contributed by atoms with Crippen molar-refractivity contribution < 1.29 is 0 Å². The molecule has 0 aliphatic heterocycles. The van der Waals surface area contributed by atoms with Gasteiger partial charge in [-0.15, -0.1) is 0 Å². The van der Waals surface area contributed by atoms with E-state index in [4.69, 9.17) is 9.97 Å². The fourth-order valence-electron chi connectivity index (χ4n) is 8.85. The molecule has 0 fully saturated rings. The summed E-state index contributed by atoms with van der Waals surface area (Å²) >= 11 is 0. The van der Waals surface area contributed by atoms with Gasteiger partial charge in [0.25, 0.3) is 0 Å². The van der Waals surface area contributed by atoms with E-state index in [1.165, 1.54) is 71.0 Å². The minimum atomic E-state index is 0.869. The summed E-state index contributed by atoms with van der Waals surface area (Å²) in [6.45, 7) is 0. The van der Waals surface area contributed by atoms with Gasteiger partial charge >= 0.3 is 0 Å². The molecule has 0 atom stereocenters. The van der Waals surface area contributed by atoms with Crippen molar-refractivity contribution in [1.82, 2.24) is 18.9 Å². The minimum absolute atomic E-state index is 0.869. The third kappa shape index (κ3) is 4.08. The summed E-state index contributed by atoms with van der Waals surface area (Å²) in [6, 6.07) is 65.1. The molecule has 0 N–H and O–H groups in total. The van der Waals surface area contributed by atoms with Gasteiger partial charge in [-0.05, 0) is 59.7 Å². The van der Waals surface area contributed by atoms with Crippen LogP contribution in [0.15, 0.2) is 182 Å². The van der Waals surface area contributed by atoms with E-state index >= 15 is 0 Å². The van der Waals surface area contributed by atoms with E-state index in [1.807, 2.05) is 30.3 Å². The first-order valence-electron chi connectivity index (χ1n) is 18.4. The Kier molecular flexibility index (Phi) is 6.02. The second-order valence-electron chi connectivity index (χ2n) is 14.2. The average Bonchev–Trinajstić information content (AvgIpc) is 3.88. The van der Waals surface area contributed by atoms with Crippen molar-refractivity contribution in [2.24, 2.45) is 0 Å². The fourth-order valence-corrected chi connectivity index (χ4v) is 8.85. The van der Waals surface area contributed by atoms with Gasteiger partial charge in [-0.2, -0.15) is 0 Å². The lowest BCUT2D eigenvalue weighted by Gasteiger charge is -2.13. The van der Waals surface area contributed by atoms with E-state index in [0.29, 0.717) is 0 Å². The Morgan fingerprint density at radius 2 is 0.796 bits per heavy atom. The molecule has 0 unspecified atom stereocenters. The van der Waals surface area contributed by atoms with Crippen molar-refractivity contribution >= 4 is 70.9 Å². The molecule has 12 aromatic rings. The second kappa shape index (κ2) is 11.1. The van der Waals surface area contributed by atoms with Gasteiger partial charge in [-0.3, -0.25) is 0 Å². The van der Waals surface area contributed by atoms with E-state index in [0.717, 1.165) is 39.2 Å². The molecule has 0 saturated carbocycles. The standard InChI is InChI=1S/C50H30N4/c1-2-12-31(13-3-1)32-22-24-33(25-23-32)47-48(52-42-18-8-7-17-41(42)51-47)34-26-28-35(29-27-34)53-43-19-9-4-14-36(43)39-30-40-37-15-5-10-20-44(37)54-45-21-11-6-16-38(45)46(49(39)53)50(40)54/h1-30H. The van der Waals surface area contributed by atoms with Crippen molar-refractivity contribution in [1.29, 1.82) is 0 Å². The zero-order valence-corrected chi connectivity index (χ0v) is 29.1. The molecule has 250 valence electrons. The van der Waals surface area contributed by atoms with Crippen LogP contribution in [-0.2, 0) is 0 Å². The van der Waals surface area contributed by atoms with Crippen LogP contribution < -0.4 is 0 Å². The van der Waals surface area contributed by atoms with Crippen LogP contribution in [0.4, 0.5) is 0 Å². The highest BCUT2D eigenvalue weighted by molar-refractivity contribution is 6.34. The Bertz CT molecular complexity index is 3410. The number of aromatic nitrogens is 4. The molecule has 8 aromatic carbocycles. The molecular weight excluding hydrogens is 657 g/mol. The molecule has 0 saturated heterocycles. The molecule has 0 aliphatic rings. The highest BCUT2D eigenvalue weighted by Crippen LogP contribution is 2.46. The predicted octanol–water partition coefficient (Wildman–Crippen LogP) is 12.9. The van der Waals surface area contributed by atoms with Crippen molar-refractivity contribution in [3.63, 3.8) is 0 Å². The molecule has 4 heterocycles. The molecule has 0 amide bonds. The van der Waals surface area contributed by atoms with Crippen molar-refractivity contribution in [2.45, 2.75) is 0 Å². The molecule has 4 nitrogen and oxygen atoms in total. The maximum absolute atomic E-state index is 5.24. The molecule has 0 spiro atoms. The summed E-state index contributed by atoms with van der Waals surface area (Å²) in [4.78, 5) is 10.4. The van der Waals surface area contributed by atoms with Gasteiger partial charge in [0.1, 0.15) is 0 Å². The van der Waals surface area contributed by atoms with Gasteiger partial charge in [0.05, 0.1) is 50.0 Å². The van der Waals surface area contributed by atoms with E-state index in [-0.39, 0.29) is 0 Å². The van der Waals surface area contributed by atoms with E-state index < -0.39 is 0 Å². The number of benzene rings is 8. The molecule has 4 heteroatoms. The van der Waals surface area contributed by atoms with Crippen LogP contribution in [0.3, 0.4) is 0 Å². The summed E-state index contributed by atoms with van der Waals surface area (Å²) < 4.78 is 4.93. The van der Waals surface area contributed by atoms with Crippen LogP contribution in [-0.4, -0.2) is 18.9 Å².